The zero-order chi connectivity index (χ0) is 22.8. The van der Waals surface area contributed by atoms with E-state index >= 15 is 4.39 Å². The third-order valence-electron chi connectivity index (χ3n) is 6.57. The zero-order valence-corrected chi connectivity index (χ0v) is 18.8. The van der Waals surface area contributed by atoms with Gasteiger partial charge in [0.25, 0.3) is 5.91 Å². The first kappa shape index (κ1) is 20.8. The Labute approximate surface area is 186 Å². The molecule has 7 heteroatoms. The predicted octanol–water partition coefficient (Wildman–Crippen LogP) is 4.10. The highest BCUT2D eigenvalue weighted by atomic mass is 19.1. The number of halogens is 1. The summed E-state index contributed by atoms with van der Waals surface area (Å²) in [5, 5.41) is 15.0. The number of fused-ring (bicyclic) bond motifs is 1. The van der Waals surface area contributed by atoms with Gasteiger partial charge in [0.1, 0.15) is 5.82 Å². The van der Waals surface area contributed by atoms with Crippen molar-refractivity contribution in [3.63, 3.8) is 0 Å². The maximum Gasteiger partial charge on any atom is 0.257 e. The molecule has 1 saturated carbocycles. The first-order valence-electron chi connectivity index (χ1n) is 11.0. The van der Waals surface area contributed by atoms with Crippen molar-refractivity contribution in [2.24, 2.45) is 13.0 Å². The molecule has 6 nitrogen and oxygen atoms in total. The monoisotopic (exact) mass is 434 g/mol. The van der Waals surface area contributed by atoms with Gasteiger partial charge in [-0.1, -0.05) is 0 Å². The summed E-state index contributed by atoms with van der Waals surface area (Å²) >= 11 is 0. The third-order valence-corrected chi connectivity index (χ3v) is 6.57. The van der Waals surface area contributed by atoms with Gasteiger partial charge in [0.15, 0.2) is 0 Å². The molecule has 0 saturated heterocycles. The van der Waals surface area contributed by atoms with Crippen molar-refractivity contribution in [1.29, 1.82) is 0 Å². The summed E-state index contributed by atoms with van der Waals surface area (Å²) in [6.07, 6.45) is 7.19. The number of benzene rings is 1. The Balaban J connectivity index is 1.57. The number of aliphatic hydroxyl groups is 1. The van der Waals surface area contributed by atoms with Crippen LogP contribution in [0, 0.1) is 18.7 Å². The number of pyridine rings is 1. The molecule has 1 atom stereocenters. The largest absolute Gasteiger partial charge is 0.388 e. The number of hydrogen-bond acceptors (Lipinski definition) is 4. The molecular weight excluding hydrogens is 407 g/mol. The second-order valence-electron chi connectivity index (χ2n) is 9.60. The van der Waals surface area contributed by atoms with Crippen LogP contribution in [0.4, 0.5) is 4.39 Å². The van der Waals surface area contributed by atoms with Gasteiger partial charge in [-0.05, 0) is 68.9 Å². The van der Waals surface area contributed by atoms with E-state index in [9.17, 15) is 9.90 Å². The van der Waals surface area contributed by atoms with E-state index in [0.29, 0.717) is 28.9 Å². The molecule has 1 aliphatic heterocycles. The molecule has 166 valence electrons. The fraction of sp³-hybridized carbons (Fsp3) is 0.400. The van der Waals surface area contributed by atoms with Crippen molar-refractivity contribution >= 4 is 5.91 Å². The molecule has 1 aromatic carbocycles. The van der Waals surface area contributed by atoms with E-state index in [-0.39, 0.29) is 17.9 Å². The minimum absolute atomic E-state index is 0.185. The molecule has 1 amide bonds. The molecule has 1 unspecified atom stereocenters. The molecule has 0 spiro atoms. The fourth-order valence-electron chi connectivity index (χ4n) is 5.07. The normalized spacial score (nSPS) is 17.1. The van der Waals surface area contributed by atoms with Crippen LogP contribution in [-0.4, -0.2) is 42.3 Å². The van der Waals surface area contributed by atoms with Crippen LogP contribution >= 0.6 is 0 Å². The summed E-state index contributed by atoms with van der Waals surface area (Å²) in [4.78, 5) is 19.7. The van der Waals surface area contributed by atoms with Gasteiger partial charge in [0.2, 0.25) is 0 Å². The van der Waals surface area contributed by atoms with Gasteiger partial charge < -0.3 is 10.0 Å². The SMILES string of the molecule is Cc1cc(-c2ccnc3c2C(=O)N(C(C2CC2)C(C)(C)O)C3)c(F)cc1-c1cnn(C)c1. The minimum atomic E-state index is -1.02. The molecular formula is C25H27FN4O2. The van der Waals surface area contributed by atoms with Crippen molar-refractivity contribution in [3.8, 4) is 22.3 Å². The number of nitrogens with zero attached hydrogens (tertiary/aromatic N) is 4. The number of rotatable bonds is 5. The lowest BCUT2D eigenvalue weighted by Gasteiger charge is -2.37. The van der Waals surface area contributed by atoms with Crippen LogP contribution in [0.25, 0.3) is 22.3 Å². The first-order chi connectivity index (χ1) is 15.1. The molecule has 2 aromatic heterocycles. The smallest absolute Gasteiger partial charge is 0.257 e. The van der Waals surface area contributed by atoms with Crippen LogP contribution in [0.3, 0.4) is 0 Å². The lowest BCUT2D eigenvalue weighted by atomic mass is 9.92. The summed E-state index contributed by atoms with van der Waals surface area (Å²) in [7, 11) is 1.82. The summed E-state index contributed by atoms with van der Waals surface area (Å²) < 4.78 is 17.1. The molecule has 1 fully saturated rings. The predicted molar refractivity (Wildman–Crippen MR) is 119 cm³/mol. The molecule has 3 aromatic rings. The quantitative estimate of drug-likeness (QED) is 0.656. The van der Waals surface area contributed by atoms with Gasteiger partial charge in [-0.2, -0.15) is 5.10 Å². The van der Waals surface area contributed by atoms with Crippen molar-refractivity contribution < 1.29 is 14.3 Å². The Morgan fingerprint density at radius 1 is 1.22 bits per heavy atom. The molecule has 2 aliphatic rings. The van der Waals surface area contributed by atoms with Gasteiger partial charge in [-0.15, -0.1) is 0 Å². The average molecular weight is 435 g/mol. The summed E-state index contributed by atoms with van der Waals surface area (Å²) in [6.45, 7) is 5.77. The molecule has 5 rings (SSSR count). The second kappa shape index (κ2) is 7.24. The lowest BCUT2D eigenvalue weighted by Crippen LogP contribution is -2.51. The molecule has 1 aliphatic carbocycles. The van der Waals surface area contributed by atoms with E-state index in [2.05, 4.69) is 10.1 Å². The van der Waals surface area contributed by atoms with Gasteiger partial charge in [-0.25, -0.2) is 4.39 Å². The summed E-state index contributed by atoms with van der Waals surface area (Å²) in [6, 6.07) is 4.72. The van der Waals surface area contributed by atoms with E-state index in [1.165, 1.54) is 6.07 Å². The van der Waals surface area contributed by atoms with E-state index in [1.807, 2.05) is 20.2 Å². The standard InChI is InChI=1S/C25H27FN4O2/c1-14-9-19(20(26)10-18(14)16-11-28-29(4)12-16)17-7-8-27-21-13-30(24(31)22(17)21)23(15-5-6-15)25(2,3)32/h7-12,15,23,32H,5-6,13H2,1-4H3. The first-order valence-corrected chi connectivity index (χ1v) is 11.0. The Bertz CT molecular complexity index is 1220. The number of hydrogen-bond donors (Lipinski definition) is 1. The number of carbonyl (C=O) groups excluding carboxylic acids is 1. The molecule has 32 heavy (non-hydrogen) atoms. The lowest BCUT2D eigenvalue weighted by molar-refractivity contribution is -0.0225. The van der Waals surface area contributed by atoms with Crippen molar-refractivity contribution in [1.82, 2.24) is 19.7 Å². The Morgan fingerprint density at radius 2 is 1.97 bits per heavy atom. The topological polar surface area (TPSA) is 71.2 Å². The average Bonchev–Trinajstić information content (AvgIpc) is 3.36. The van der Waals surface area contributed by atoms with Crippen LogP contribution < -0.4 is 0 Å². The van der Waals surface area contributed by atoms with Crippen molar-refractivity contribution in [2.75, 3.05) is 0 Å². The molecule has 0 bridgehead atoms. The van der Waals surface area contributed by atoms with E-state index in [1.54, 1.807) is 48.0 Å². The van der Waals surface area contributed by atoms with Crippen molar-refractivity contribution in [2.45, 2.75) is 51.8 Å². The highest BCUT2D eigenvalue weighted by Crippen LogP contribution is 2.44. The maximum absolute atomic E-state index is 15.4. The van der Waals surface area contributed by atoms with Gasteiger partial charge >= 0.3 is 0 Å². The van der Waals surface area contributed by atoms with E-state index in [0.717, 1.165) is 29.5 Å². The van der Waals surface area contributed by atoms with Crippen LogP contribution in [0.1, 0.15) is 48.3 Å². The number of amides is 1. The van der Waals surface area contributed by atoms with Crippen LogP contribution in [0.15, 0.2) is 36.8 Å². The number of aromatic nitrogens is 3. The fourth-order valence-corrected chi connectivity index (χ4v) is 5.07. The third kappa shape index (κ3) is 3.41. The van der Waals surface area contributed by atoms with Gasteiger partial charge in [0.05, 0.1) is 35.6 Å². The molecule has 3 heterocycles. The second-order valence-corrected chi connectivity index (χ2v) is 9.60. The zero-order valence-electron chi connectivity index (χ0n) is 18.8. The highest BCUT2D eigenvalue weighted by Gasteiger charge is 2.48. The minimum Gasteiger partial charge on any atom is -0.388 e. The van der Waals surface area contributed by atoms with Crippen LogP contribution in [0.5, 0.6) is 0 Å². The van der Waals surface area contributed by atoms with E-state index in [4.69, 9.17) is 0 Å². The Kier molecular flexibility index (Phi) is 4.71. The van der Waals surface area contributed by atoms with E-state index < -0.39 is 11.4 Å². The van der Waals surface area contributed by atoms with Crippen LogP contribution in [-0.2, 0) is 13.6 Å². The van der Waals surface area contributed by atoms with Crippen molar-refractivity contribution in [3.05, 3.63) is 59.4 Å². The summed E-state index contributed by atoms with van der Waals surface area (Å²) in [5.41, 5.74) is 3.50. The Morgan fingerprint density at radius 3 is 2.59 bits per heavy atom. The van der Waals surface area contributed by atoms with Gasteiger partial charge in [0, 0.05) is 36.1 Å². The Hall–Kier alpha value is -3.06. The maximum atomic E-state index is 15.4. The molecule has 0 radical (unpaired) electrons. The molecule has 1 N–H and O–H groups in total. The highest BCUT2D eigenvalue weighted by molar-refractivity contribution is 6.04. The number of carbonyl (C=O) groups is 1. The van der Waals surface area contributed by atoms with Crippen LogP contribution in [0.2, 0.25) is 0 Å². The summed E-state index contributed by atoms with van der Waals surface area (Å²) in [5.74, 6) is -0.291. The number of aryl methyl sites for hydroxylation is 2. The van der Waals surface area contributed by atoms with Gasteiger partial charge in [-0.3, -0.25) is 14.5 Å².